The molecule has 3 heteroatoms. The highest BCUT2D eigenvalue weighted by Crippen LogP contribution is 2.26. The Morgan fingerprint density at radius 3 is 2.65 bits per heavy atom. The van der Waals surface area contributed by atoms with Gasteiger partial charge in [-0.25, -0.2) is 0 Å². The highest BCUT2D eigenvalue weighted by molar-refractivity contribution is 5.95. The Morgan fingerprint density at radius 1 is 1.35 bits per heavy atom. The van der Waals surface area contributed by atoms with E-state index in [4.69, 9.17) is 5.73 Å². The number of hydrogen-bond donors (Lipinski definition) is 1. The lowest BCUT2D eigenvalue weighted by atomic mass is 10.1. The molecule has 0 radical (unpaired) electrons. The molecular weight excluding hydrogens is 248 g/mol. The fraction of sp³-hybridized carbons (Fsp3) is 0.588. The van der Waals surface area contributed by atoms with Crippen molar-refractivity contribution >= 4 is 11.6 Å². The Kier molecular flexibility index (Phi) is 5.05. The standard InChI is InChI=1S/C17H26N2O/c1-13(2)10-11-19(16-8-3-4-9-16)17(20)14-6-5-7-15(18)12-14/h5-7,12-13,16H,3-4,8-11,18H2,1-2H3. The van der Waals surface area contributed by atoms with E-state index in [0.717, 1.165) is 31.4 Å². The van der Waals surface area contributed by atoms with Crippen LogP contribution in [0.4, 0.5) is 5.69 Å². The van der Waals surface area contributed by atoms with E-state index in [1.54, 1.807) is 6.07 Å². The van der Waals surface area contributed by atoms with Crippen LogP contribution in [-0.4, -0.2) is 23.4 Å². The van der Waals surface area contributed by atoms with Gasteiger partial charge in [-0.15, -0.1) is 0 Å². The Hall–Kier alpha value is -1.51. The van der Waals surface area contributed by atoms with Crippen LogP contribution in [0.15, 0.2) is 24.3 Å². The molecule has 2 N–H and O–H groups in total. The van der Waals surface area contributed by atoms with Crippen LogP contribution in [0.3, 0.4) is 0 Å². The average Bonchev–Trinajstić information content (AvgIpc) is 2.92. The smallest absolute Gasteiger partial charge is 0.254 e. The predicted molar refractivity (Wildman–Crippen MR) is 83.6 cm³/mol. The SMILES string of the molecule is CC(C)CCN(C(=O)c1cccc(N)c1)C1CCCC1. The van der Waals surface area contributed by atoms with Crippen LogP contribution in [-0.2, 0) is 0 Å². The van der Waals surface area contributed by atoms with Gasteiger partial charge < -0.3 is 10.6 Å². The van der Waals surface area contributed by atoms with Crippen molar-refractivity contribution in [2.45, 2.75) is 52.0 Å². The van der Waals surface area contributed by atoms with E-state index in [0.29, 0.717) is 17.6 Å². The highest BCUT2D eigenvalue weighted by Gasteiger charge is 2.27. The van der Waals surface area contributed by atoms with Crippen LogP contribution in [0, 0.1) is 5.92 Å². The Morgan fingerprint density at radius 2 is 2.05 bits per heavy atom. The molecule has 1 aliphatic carbocycles. The molecular formula is C17H26N2O. The molecule has 1 aromatic carbocycles. The Balaban J connectivity index is 2.14. The van der Waals surface area contributed by atoms with E-state index in [2.05, 4.69) is 18.7 Å². The molecule has 1 amide bonds. The van der Waals surface area contributed by atoms with Crippen molar-refractivity contribution in [3.05, 3.63) is 29.8 Å². The summed E-state index contributed by atoms with van der Waals surface area (Å²) in [6.45, 7) is 5.27. The van der Waals surface area contributed by atoms with Crippen molar-refractivity contribution in [3.8, 4) is 0 Å². The minimum atomic E-state index is 0.143. The number of hydrogen-bond acceptors (Lipinski definition) is 2. The van der Waals surface area contributed by atoms with Crippen LogP contribution < -0.4 is 5.73 Å². The minimum absolute atomic E-state index is 0.143. The molecule has 0 bridgehead atoms. The molecule has 0 aliphatic heterocycles. The Bertz CT molecular complexity index is 450. The number of carbonyl (C=O) groups is 1. The van der Waals surface area contributed by atoms with E-state index in [1.807, 2.05) is 18.2 Å². The molecule has 0 spiro atoms. The highest BCUT2D eigenvalue weighted by atomic mass is 16.2. The number of benzene rings is 1. The molecule has 0 atom stereocenters. The average molecular weight is 274 g/mol. The number of nitrogens with two attached hydrogens (primary N) is 1. The van der Waals surface area contributed by atoms with Gasteiger partial charge in [0.15, 0.2) is 0 Å². The summed E-state index contributed by atoms with van der Waals surface area (Å²) in [4.78, 5) is 14.9. The topological polar surface area (TPSA) is 46.3 Å². The molecule has 1 fully saturated rings. The molecule has 1 saturated carbocycles. The molecule has 0 aromatic heterocycles. The molecule has 0 heterocycles. The van der Waals surface area contributed by atoms with Gasteiger partial charge in [-0.3, -0.25) is 4.79 Å². The van der Waals surface area contributed by atoms with Crippen molar-refractivity contribution in [1.29, 1.82) is 0 Å². The third-order valence-electron chi connectivity index (χ3n) is 4.11. The summed E-state index contributed by atoms with van der Waals surface area (Å²) in [5.41, 5.74) is 7.18. The molecule has 110 valence electrons. The maximum Gasteiger partial charge on any atom is 0.254 e. The lowest BCUT2D eigenvalue weighted by Crippen LogP contribution is -2.40. The van der Waals surface area contributed by atoms with Crippen molar-refractivity contribution in [1.82, 2.24) is 4.90 Å². The third-order valence-corrected chi connectivity index (χ3v) is 4.11. The zero-order valence-corrected chi connectivity index (χ0v) is 12.6. The van der Waals surface area contributed by atoms with Gasteiger partial charge in [-0.1, -0.05) is 32.8 Å². The normalized spacial score (nSPS) is 15.8. The largest absolute Gasteiger partial charge is 0.399 e. The monoisotopic (exact) mass is 274 g/mol. The van der Waals surface area contributed by atoms with Crippen LogP contribution in [0.2, 0.25) is 0 Å². The van der Waals surface area contributed by atoms with Gasteiger partial charge in [-0.2, -0.15) is 0 Å². The van der Waals surface area contributed by atoms with Gasteiger partial charge in [0.2, 0.25) is 0 Å². The van der Waals surface area contributed by atoms with Gasteiger partial charge in [0.25, 0.3) is 5.91 Å². The van der Waals surface area contributed by atoms with Crippen LogP contribution in [0.5, 0.6) is 0 Å². The number of amides is 1. The van der Waals surface area contributed by atoms with Gasteiger partial charge in [0, 0.05) is 23.8 Å². The zero-order valence-electron chi connectivity index (χ0n) is 12.6. The first-order valence-corrected chi connectivity index (χ1v) is 7.74. The number of nitrogens with zero attached hydrogens (tertiary/aromatic N) is 1. The fourth-order valence-electron chi connectivity index (χ4n) is 2.90. The maximum atomic E-state index is 12.8. The lowest BCUT2D eigenvalue weighted by Gasteiger charge is -2.30. The molecule has 3 nitrogen and oxygen atoms in total. The molecule has 1 aliphatic rings. The van der Waals surface area contributed by atoms with Gasteiger partial charge in [-0.05, 0) is 43.4 Å². The zero-order chi connectivity index (χ0) is 14.5. The summed E-state index contributed by atoms with van der Waals surface area (Å²) in [5, 5.41) is 0. The van der Waals surface area contributed by atoms with Crippen molar-refractivity contribution in [2.75, 3.05) is 12.3 Å². The molecule has 2 rings (SSSR count). The first kappa shape index (κ1) is 14.9. The molecule has 0 saturated heterocycles. The summed E-state index contributed by atoms with van der Waals surface area (Å²) in [6, 6.07) is 7.76. The van der Waals surface area contributed by atoms with Gasteiger partial charge in [0.1, 0.15) is 0 Å². The summed E-state index contributed by atoms with van der Waals surface area (Å²) < 4.78 is 0. The first-order valence-electron chi connectivity index (χ1n) is 7.74. The quantitative estimate of drug-likeness (QED) is 0.832. The minimum Gasteiger partial charge on any atom is -0.399 e. The van der Waals surface area contributed by atoms with Gasteiger partial charge in [0.05, 0.1) is 0 Å². The summed E-state index contributed by atoms with van der Waals surface area (Å²) in [5.74, 6) is 0.761. The van der Waals surface area contributed by atoms with E-state index < -0.39 is 0 Å². The fourth-order valence-corrected chi connectivity index (χ4v) is 2.90. The van der Waals surface area contributed by atoms with Crippen molar-refractivity contribution in [3.63, 3.8) is 0 Å². The number of rotatable bonds is 5. The van der Waals surface area contributed by atoms with Crippen molar-refractivity contribution in [2.24, 2.45) is 5.92 Å². The first-order chi connectivity index (χ1) is 9.58. The third kappa shape index (κ3) is 3.75. The van der Waals surface area contributed by atoms with E-state index in [-0.39, 0.29) is 5.91 Å². The molecule has 20 heavy (non-hydrogen) atoms. The van der Waals surface area contributed by atoms with Crippen LogP contribution in [0.1, 0.15) is 56.3 Å². The maximum absolute atomic E-state index is 12.8. The summed E-state index contributed by atoms with van der Waals surface area (Å²) in [6.07, 6.45) is 5.84. The Labute approximate surface area is 122 Å². The number of anilines is 1. The van der Waals surface area contributed by atoms with E-state index in [9.17, 15) is 4.79 Å². The lowest BCUT2D eigenvalue weighted by molar-refractivity contribution is 0.0672. The molecule has 0 unspecified atom stereocenters. The second kappa shape index (κ2) is 6.78. The van der Waals surface area contributed by atoms with Crippen LogP contribution in [0.25, 0.3) is 0 Å². The van der Waals surface area contributed by atoms with Gasteiger partial charge >= 0.3 is 0 Å². The number of nitrogen functional groups attached to an aromatic ring is 1. The predicted octanol–water partition coefficient (Wildman–Crippen LogP) is 3.70. The second-order valence-electron chi connectivity index (χ2n) is 6.24. The number of carbonyl (C=O) groups excluding carboxylic acids is 1. The summed E-state index contributed by atoms with van der Waals surface area (Å²) >= 11 is 0. The summed E-state index contributed by atoms with van der Waals surface area (Å²) in [7, 11) is 0. The van der Waals surface area contributed by atoms with Crippen molar-refractivity contribution < 1.29 is 4.79 Å². The second-order valence-corrected chi connectivity index (χ2v) is 6.24. The van der Waals surface area contributed by atoms with E-state index >= 15 is 0 Å². The van der Waals surface area contributed by atoms with Crippen LogP contribution >= 0.6 is 0 Å². The van der Waals surface area contributed by atoms with E-state index in [1.165, 1.54) is 12.8 Å². The molecule has 1 aromatic rings.